The van der Waals surface area contributed by atoms with Crippen LogP contribution in [0.1, 0.15) is 43.0 Å². The van der Waals surface area contributed by atoms with Crippen molar-refractivity contribution < 1.29 is 22.5 Å². The fourth-order valence-electron chi connectivity index (χ4n) is 4.56. The van der Waals surface area contributed by atoms with E-state index < -0.39 is 17.6 Å². The third-order valence-electron chi connectivity index (χ3n) is 6.89. The van der Waals surface area contributed by atoms with Gasteiger partial charge in [0.15, 0.2) is 0 Å². The van der Waals surface area contributed by atoms with Crippen LogP contribution in [0.4, 0.5) is 35.4 Å². The molecule has 0 atom stereocenters. The van der Waals surface area contributed by atoms with Gasteiger partial charge in [0.2, 0.25) is 5.88 Å². The second-order valence-corrected chi connectivity index (χ2v) is 9.40. The van der Waals surface area contributed by atoms with Crippen molar-refractivity contribution in [3.05, 3.63) is 48.0 Å². The molecule has 2 saturated carbocycles. The Morgan fingerprint density at radius 3 is 2.64 bits per heavy atom. The first-order valence-electron chi connectivity index (χ1n) is 11.5. The highest BCUT2D eigenvalue weighted by Crippen LogP contribution is 2.58. The number of carbonyl (C=O) groups excluding carboxylic acids is 1. The first-order chi connectivity index (χ1) is 17.2. The second-order valence-electron chi connectivity index (χ2n) is 9.40. The molecular formula is C24H22F3N7O2. The van der Waals surface area contributed by atoms with E-state index in [2.05, 4.69) is 30.3 Å². The topological polar surface area (TPSA) is 124 Å². The Hall–Kier alpha value is -4.09. The minimum Gasteiger partial charge on any atom is -0.383 e. The summed E-state index contributed by atoms with van der Waals surface area (Å²) >= 11 is 0. The molecule has 12 heteroatoms. The van der Waals surface area contributed by atoms with Gasteiger partial charge in [0.1, 0.15) is 28.9 Å². The SMILES string of the molecule is Cc1cc(-c2cn(C3CC3)c3ncnc(N)c23)ccc1NC(=O)Nc1cc(C2(C(F)(F)F)CC2)no1. The number of amides is 2. The highest BCUT2D eigenvalue weighted by molar-refractivity contribution is 6.02. The Morgan fingerprint density at radius 1 is 1.19 bits per heavy atom. The minimum absolute atomic E-state index is 0.0443. The molecule has 6 rings (SSSR count). The number of nitrogens with zero attached hydrogens (tertiary/aromatic N) is 4. The van der Waals surface area contributed by atoms with Gasteiger partial charge in [-0.2, -0.15) is 13.2 Å². The molecular weight excluding hydrogens is 475 g/mol. The van der Waals surface area contributed by atoms with Gasteiger partial charge in [0, 0.05) is 29.6 Å². The summed E-state index contributed by atoms with van der Waals surface area (Å²) in [4.78, 5) is 21.1. The summed E-state index contributed by atoms with van der Waals surface area (Å²) in [5.74, 6) is 0.245. The molecule has 3 heterocycles. The lowest BCUT2D eigenvalue weighted by molar-refractivity contribution is -0.161. The Kier molecular flexibility index (Phi) is 4.79. The van der Waals surface area contributed by atoms with Gasteiger partial charge in [0.05, 0.1) is 5.39 Å². The Morgan fingerprint density at radius 2 is 1.97 bits per heavy atom. The van der Waals surface area contributed by atoms with Gasteiger partial charge in [-0.15, -0.1) is 0 Å². The molecule has 2 amide bonds. The molecule has 0 aliphatic heterocycles. The van der Waals surface area contributed by atoms with Crippen molar-refractivity contribution in [1.29, 1.82) is 0 Å². The molecule has 4 aromatic rings. The Balaban J connectivity index is 1.21. The molecule has 1 aromatic carbocycles. The molecule has 0 saturated heterocycles. The number of carbonyl (C=O) groups is 1. The van der Waals surface area contributed by atoms with E-state index in [9.17, 15) is 18.0 Å². The van der Waals surface area contributed by atoms with Crippen molar-refractivity contribution in [3.63, 3.8) is 0 Å². The van der Waals surface area contributed by atoms with Crippen LogP contribution in [-0.4, -0.2) is 31.9 Å². The average molecular weight is 497 g/mol. The molecule has 9 nitrogen and oxygen atoms in total. The number of halogens is 3. The Labute approximate surface area is 202 Å². The number of rotatable bonds is 5. The van der Waals surface area contributed by atoms with Crippen molar-refractivity contribution in [2.24, 2.45) is 0 Å². The smallest absolute Gasteiger partial charge is 0.383 e. The maximum atomic E-state index is 13.3. The number of anilines is 3. The standard InChI is InChI=1S/C24H22F3N7O2/c1-12-8-13(15-10-34(14-3-4-14)21-19(15)20(28)29-11-30-21)2-5-16(12)31-22(35)32-18-9-17(33-36-18)23(6-7-23)24(25,26)27/h2,5,8-11,14H,3-4,6-7H2,1H3,(H2,28,29,30)(H2,31,32,35). The predicted molar refractivity (Wildman–Crippen MR) is 126 cm³/mol. The van der Waals surface area contributed by atoms with Crippen LogP contribution in [0.25, 0.3) is 22.2 Å². The monoisotopic (exact) mass is 497 g/mol. The lowest BCUT2D eigenvalue weighted by Crippen LogP contribution is -2.28. The normalized spacial score (nSPS) is 16.8. The average Bonchev–Trinajstić information content (AvgIpc) is 3.74. The second kappa shape index (κ2) is 7.70. The third kappa shape index (κ3) is 3.64. The molecule has 36 heavy (non-hydrogen) atoms. The van der Waals surface area contributed by atoms with E-state index >= 15 is 0 Å². The summed E-state index contributed by atoms with van der Waals surface area (Å²) in [5, 5.41) is 9.42. The van der Waals surface area contributed by atoms with Gasteiger partial charge in [-0.1, -0.05) is 11.2 Å². The van der Waals surface area contributed by atoms with Crippen molar-refractivity contribution in [2.75, 3.05) is 16.4 Å². The van der Waals surface area contributed by atoms with E-state index in [1.165, 1.54) is 6.33 Å². The van der Waals surface area contributed by atoms with Crippen LogP contribution in [0.5, 0.6) is 0 Å². The number of fused-ring (bicyclic) bond motifs is 1. The van der Waals surface area contributed by atoms with Gasteiger partial charge in [0.25, 0.3) is 0 Å². The number of alkyl halides is 3. The van der Waals surface area contributed by atoms with Crippen LogP contribution in [0, 0.1) is 6.92 Å². The van der Waals surface area contributed by atoms with Gasteiger partial charge in [-0.3, -0.25) is 5.32 Å². The first-order valence-corrected chi connectivity index (χ1v) is 11.5. The van der Waals surface area contributed by atoms with Crippen molar-refractivity contribution >= 4 is 34.5 Å². The van der Waals surface area contributed by atoms with Crippen molar-refractivity contribution in [2.45, 2.75) is 50.2 Å². The number of aryl methyl sites for hydroxylation is 1. The highest BCUT2D eigenvalue weighted by Gasteiger charge is 2.66. The quantitative estimate of drug-likeness (QED) is 0.332. The molecule has 2 aliphatic rings. The largest absolute Gasteiger partial charge is 0.400 e. The van der Waals surface area contributed by atoms with Crippen LogP contribution in [0.15, 0.2) is 41.3 Å². The van der Waals surface area contributed by atoms with Crippen LogP contribution in [-0.2, 0) is 5.41 Å². The molecule has 0 bridgehead atoms. The minimum atomic E-state index is -4.41. The zero-order chi connectivity index (χ0) is 25.2. The van der Waals surface area contributed by atoms with E-state index in [4.69, 9.17) is 10.3 Å². The molecule has 0 radical (unpaired) electrons. The molecule has 4 N–H and O–H groups in total. The number of nitrogen functional groups attached to an aromatic ring is 1. The number of nitrogens with one attached hydrogen (secondary N) is 2. The van der Waals surface area contributed by atoms with Crippen LogP contribution >= 0.6 is 0 Å². The van der Waals surface area contributed by atoms with Crippen LogP contribution < -0.4 is 16.4 Å². The highest BCUT2D eigenvalue weighted by atomic mass is 19.4. The third-order valence-corrected chi connectivity index (χ3v) is 6.89. The maximum Gasteiger partial charge on any atom is 0.400 e. The number of nitrogens with two attached hydrogens (primary N) is 1. The van der Waals surface area contributed by atoms with E-state index in [-0.39, 0.29) is 24.4 Å². The number of benzene rings is 1. The zero-order valence-corrected chi connectivity index (χ0v) is 19.2. The Bertz CT molecular complexity index is 1500. The molecule has 186 valence electrons. The van der Waals surface area contributed by atoms with Gasteiger partial charge < -0.3 is 20.1 Å². The van der Waals surface area contributed by atoms with E-state index in [1.54, 1.807) is 6.07 Å². The van der Waals surface area contributed by atoms with E-state index in [0.717, 1.165) is 46.6 Å². The molecule has 2 aliphatic carbocycles. The molecule has 3 aromatic heterocycles. The maximum absolute atomic E-state index is 13.3. The summed E-state index contributed by atoms with van der Waals surface area (Å²) in [6, 6.07) is 6.39. The molecule has 0 unspecified atom stereocenters. The van der Waals surface area contributed by atoms with E-state index in [0.29, 0.717) is 17.5 Å². The summed E-state index contributed by atoms with van der Waals surface area (Å²) < 4.78 is 47.0. The predicted octanol–water partition coefficient (Wildman–Crippen LogP) is 5.55. The lowest BCUT2D eigenvalue weighted by atomic mass is 10.0. The zero-order valence-electron chi connectivity index (χ0n) is 19.2. The van der Waals surface area contributed by atoms with Gasteiger partial charge >= 0.3 is 12.2 Å². The van der Waals surface area contributed by atoms with Crippen LogP contribution in [0.3, 0.4) is 0 Å². The van der Waals surface area contributed by atoms with Crippen molar-refractivity contribution in [3.8, 4) is 11.1 Å². The van der Waals surface area contributed by atoms with Crippen molar-refractivity contribution in [1.82, 2.24) is 19.7 Å². The number of hydrogen-bond acceptors (Lipinski definition) is 6. The molecule has 0 spiro atoms. The summed E-state index contributed by atoms with van der Waals surface area (Å²) in [5.41, 5.74) is 7.89. The molecule has 2 fully saturated rings. The fraction of sp³-hybridized carbons (Fsp3) is 0.333. The number of urea groups is 1. The summed E-state index contributed by atoms with van der Waals surface area (Å²) in [6.45, 7) is 1.84. The van der Waals surface area contributed by atoms with E-state index in [1.807, 2.05) is 25.3 Å². The summed E-state index contributed by atoms with van der Waals surface area (Å²) in [7, 11) is 0. The first kappa shape index (κ1) is 22.4. The lowest BCUT2D eigenvalue weighted by Gasteiger charge is -2.15. The fourth-order valence-corrected chi connectivity index (χ4v) is 4.56. The summed E-state index contributed by atoms with van der Waals surface area (Å²) in [6.07, 6.45) is 1.18. The number of aromatic nitrogens is 4. The van der Waals surface area contributed by atoms with Crippen LogP contribution in [0.2, 0.25) is 0 Å². The number of hydrogen-bond donors (Lipinski definition) is 3. The van der Waals surface area contributed by atoms with Gasteiger partial charge in [-0.05, 0) is 55.9 Å². The van der Waals surface area contributed by atoms with Gasteiger partial charge in [-0.25, -0.2) is 14.8 Å².